The lowest BCUT2D eigenvalue weighted by molar-refractivity contribution is -0.139. The molecule has 0 aliphatic carbocycles. The summed E-state index contributed by atoms with van der Waals surface area (Å²) in [7, 11) is 0. The minimum absolute atomic E-state index is 0.192. The number of nitrogens with two attached hydrogens (primary N) is 1. The number of aldehydes is 1. The SMILES string of the molecule is CC(=O)NCSC[C@H](C=O)NC(=O)[C@H](N)CC(=O)O. The maximum Gasteiger partial charge on any atom is 0.305 e. The summed E-state index contributed by atoms with van der Waals surface area (Å²) in [6, 6.07) is -1.97. The van der Waals surface area contributed by atoms with E-state index in [0.717, 1.165) is 0 Å². The van der Waals surface area contributed by atoms with Crippen LogP contribution in [0, 0.1) is 0 Å². The largest absolute Gasteiger partial charge is 0.481 e. The molecule has 19 heavy (non-hydrogen) atoms. The lowest BCUT2D eigenvalue weighted by Crippen LogP contribution is -2.47. The maximum absolute atomic E-state index is 11.5. The standard InChI is InChI=1S/C10H17N3O5S/c1-6(15)12-5-19-4-7(3-14)13-10(18)8(11)2-9(16)17/h3,7-8H,2,4-5,11H2,1H3,(H,12,15)(H,13,18)(H,16,17)/t7-,8+/m0/s1. The van der Waals surface area contributed by atoms with Crippen LogP contribution in [0.1, 0.15) is 13.3 Å². The second-order valence-corrected chi connectivity index (χ2v) is 4.73. The normalized spacial score (nSPS) is 13.2. The van der Waals surface area contributed by atoms with E-state index in [0.29, 0.717) is 12.2 Å². The summed E-state index contributed by atoms with van der Waals surface area (Å²) in [5.74, 6) is -1.50. The van der Waals surface area contributed by atoms with Gasteiger partial charge in [-0.05, 0) is 0 Å². The first kappa shape index (κ1) is 17.4. The Hall–Kier alpha value is -1.61. The molecule has 0 spiro atoms. The third kappa shape index (κ3) is 9.03. The third-order valence-electron chi connectivity index (χ3n) is 1.94. The first-order valence-electron chi connectivity index (χ1n) is 5.42. The molecule has 0 aromatic rings. The fourth-order valence-corrected chi connectivity index (χ4v) is 1.86. The number of hydrogen-bond acceptors (Lipinski definition) is 6. The molecule has 0 aliphatic heterocycles. The van der Waals surface area contributed by atoms with E-state index in [1.54, 1.807) is 0 Å². The Morgan fingerprint density at radius 3 is 2.53 bits per heavy atom. The number of thioether (sulfide) groups is 1. The van der Waals surface area contributed by atoms with Crippen LogP contribution in [0.4, 0.5) is 0 Å². The summed E-state index contributed by atoms with van der Waals surface area (Å²) in [4.78, 5) is 43.2. The molecule has 0 radical (unpaired) electrons. The van der Waals surface area contributed by atoms with Crippen molar-refractivity contribution in [1.29, 1.82) is 0 Å². The van der Waals surface area contributed by atoms with Crippen molar-refractivity contribution in [2.75, 3.05) is 11.6 Å². The van der Waals surface area contributed by atoms with Crippen LogP contribution in [0.3, 0.4) is 0 Å². The van der Waals surface area contributed by atoms with Gasteiger partial charge in [-0.15, -0.1) is 11.8 Å². The second kappa shape index (κ2) is 9.34. The summed E-state index contributed by atoms with van der Waals surface area (Å²) >= 11 is 1.25. The number of carbonyl (C=O) groups excluding carboxylic acids is 3. The Morgan fingerprint density at radius 1 is 1.42 bits per heavy atom. The average molecular weight is 291 g/mol. The number of carbonyl (C=O) groups is 4. The monoisotopic (exact) mass is 291 g/mol. The highest BCUT2D eigenvalue weighted by molar-refractivity contribution is 7.99. The van der Waals surface area contributed by atoms with Crippen LogP contribution in [0.15, 0.2) is 0 Å². The first-order chi connectivity index (χ1) is 8.86. The van der Waals surface area contributed by atoms with E-state index < -0.39 is 30.4 Å². The molecular formula is C10H17N3O5S. The van der Waals surface area contributed by atoms with Crippen molar-refractivity contribution >= 4 is 35.8 Å². The van der Waals surface area contributed by atoms with Crippen LogP contribution in [0.5, 0.6) is 0 Å². The molecular weight excluding hydrogens is 274 g/mol. The summed E-state index contributed by atoms with van der Waals surface area (Å²) < 4.78 is 0. The van der Waals surface area contributed by atoms with E-state index in [-0.39, 0.29) is 11.7 Å². The second-order valence-electron chi connectivity index (χ2n) is 3.70. The molecule has 0 rings (SSSR count). The fourth-order valence-electron chi connectivity index (χ4n) is 1.02. The molecule has 0 saturated carbocycles. The number of aliphatic carboxylic acids is 1. The fraction of sp³-hybridized carbons (Fsp3) is 0.600. The Kier molecular flexibility index (Phi) is 8.55. The lowest BCUT2D eigenvalue weighted by atomic mass is 10.2. The number of hydrogen-bond donors (Lipinski definition) is 4. The first-order valence-corrected chi connectivity index (χ1v) is 6.57. The van der Waals surface area contributed by atoms with Crippen molar-refractivity contribution in [2.24, 2.45) is 5.73 Å². The number of carboxylic acids is 1. The predicted molar refractivity (Wildman–Crippen MR) is 69.4 cm³/mol. The molecule has 0 fully saturated rings. The molecule has 0 saturated heterocycles. The Bertz CT molecular complexity index is 350. The molecule has 2 amide bonds. The van der Waals surface area contributed by atoms with Crippen LogP contribution < -0.4 is 16.4 Å². The molecule has 0 unspecified atom stereocenters. The number of rotatable bonds is 9. The predicted octanol–water partition coefficient (Wildman–Crippen LogP) is -1.70. The van der Waals surface area contributed by atoms with Crippen molar-refractivity contribution in [3.63, 3.8) is 0 Å². The smallest absolute Gasteiger partial charge is 0.305 e. The molecule has 0 aliphatic rings. The van der Waals surface area contributed by atoms with Gasteiger partial charge in [-0.25, -0.2) is 0 Å². The molecule has 0 aromatic heterocycles. The zero-order chi connectivity index (χ0) is 14.8. The van der Waals surface area contributed by atoms with E-state index in [4.69, 9.17) is 10.8 Å². The lowest BCUT2D eigenvalue weighted by Gasteiger charge is -2.15. The van der Waals surface area contributed by atoms with Crippen molar-refractivity contribution < 1.29 is 24.3 Å². The Balaban J connectivity index is 4.03. The Labute approximate surface area is 114 Å². The van der Waals surface area contributed by atoms with Gasteiger partial charge in [0.2, 0.25) is 11.8 Å². The van der Waals surface area contributed by atoms with Crippen LogP contribution in [-0.4, -0.2) is 52.9 Å². The molecule has 5 N–H and O–H groups in total. The van der Waals surface area contributed by atoms with Gasteiger partial charge in [0, 0.05) is 12.7 Å². The van der Waals surface area contributed by atoms with E-state index >= 15 is 0 Å². The van der Waals surface area contributed by atoms with Gasteiger partial charge in [-0.2, -0.15) is 0 Å². The minimum Gasteiger partial charge on any atom is -0.481 e. The van der Waals surface area contributed by atoms with Crippen LogP contribution in [0.2, 0.25) is 0 Å². The molecule has 0 aromatic carbocycles. The van der Waals surface area contributed by atoms with Gasteiger partial charge < -0.3 is 26.3 Å². The van der Waals surface area contributed by atoms with Gasteiger partial charge >= 0.3 is 5.97 Å². The zero-order valence-electron chi connectivity index (χ0n) is 10.4. The average Bonchev–Trinajstić information content (AvgIpc) is 2.31. The van der Waals surface area contributed by atoms with Gasteiger partial charge in [-0.3, -0.25) is 14.4 Å². The molecule has 0 heterocycles. The molecule has 8 nitrogen and oxygen atoms in total. The van der Waals surface area contributed by atoms with Crippen LogP contribution >= 0.6 is 11.8 Å². The van der Waals surface area contributed by atoms with Gasteiger partial charge in [0.1, 0.15) is 6.29 Å². The van der Waals surface area contributed by atoms with Gasteiger partial charge in [0.15, 0.2) is 0 Å². The van der Waals surface area contributed by atoms with Gasteiger partial charge in [-0.1, -0.05) is 0 Å². The molecule has 2 atom stereocenters. The maximum atomic E-state index is 11.5. The quantitative estimate of drug-likeness (QED) is 0.225. The minimum atomic E-state index is -1.19. The molecule has 0 bridgehead atoms. The van der Waals surface area contributed by atoms with Gasteiger partial charge in [0.05, 0.1) is 24.4 Å². The summed E-state index contributed by atoms with van der Waals surface area (Å²) in [6.45, 7) is 1.37. The summed E-state index contributed by atoms with van der Waals surface area (Å²) in [5, 5.41) is 13.3. The number of carboxylic acid groups (broad SMARTS) is 1. The highest BCUT2D eigenvalue weighted by Crippen LogP contribution is 2.00. The third-order valence-corrected chi connectivity index (χ3v) is 2.89. The van der Waals surface area contributed by atoms with E-state index in [1.807, 2.05) is 0 Å². The zero-order valence-corrected chi connectivity index (χ0v) is 11.2. The van der Waals surface area contributed by atoms with Gasteiger partial charge in [0.25, 0.3) is 0 Å². The number of nitrogens with one attached hydrogen (secondary N) is 2. The summed E-state index contributed by atoms with van der Waals surface area (Å²) in [5.41, 5.74) is 5.34. The highest BCUT2D eigenvalue weighted by Gasteiger charge is 2.20. The van der Waals surface area contributed by atoms with Crippen molar-refractivity contribution in [3.05, 3.63) is 0 Å². The topological polar surface area (TPSA) is 139 Å². The van der Waals surface area contributed by atoms with E-state index in [9.17, 15) is 19.2 Å². The Morgan fingerprint density at radius 2 is 2.05 bits per heavy atom. The summed E-state index contributed by atoms with van der Waals surface area (Å²) in [6.07, 6.45) is 0.0304. The van der Waals surface area contributed by atoms with E-state index in [2.05, 4.69) is 10.6 Å². The van der Waals surface area contributed by atoms with Crippen molar-refractivity contribution in [1.82, 2.24) is 10.6 Å². The van der Waals surface area contributed by atoms with E-state index in [1.165, 1.54) is 18.7 Å². The molecule has 9 heteroatoms. The van der Waals surface area contributed by atoms with Crippen LogP contribution in [0.25, 0.3) is 0 Å². The molecule has 108 valence electrons. The van der Waals surface area contributed by atoms with Crippen LogP contribution in [-0.2, 0) is 19.2 Å². The van der Waals surface area contributed by atoms with Crippen molar-refractivity contribution in [3.8, 4) is 0 Å². The van der Waals surface area contributed by atoms with Crippen molar-refractivity contribution in [2.45, 2.75) is 25.4 Å². The number of amides is 2. The highest BCUT2D eigenvalue weighted by atomic mass is 32.2.